The van der Waals surface area contributed by atoms with Crippen LogP contribution in [-0.2, 0) is 13.1 Å². The quantitative estimate of drug-likeness (QED) is 0.220. The number of nitrogens with zero attached hydrogens (tertiary/aromatic N) is 4. The van der Waals surface area contributed by atoms with Crippen LogP contribution in [0.2, 0.25) is 0 Å². The third-order valence-electron chi connectivity index (χ3n) is 4.79. The number of halogens is 1. The van der Waals surface area contributed by atoms with Gasteiger partial charge in [0.1, 0.15) is 6.33 Å². The molecule has 1 aromatic carbocycles. The number of aromatic nitrogens is 4. The summed E-state index contributed by atoms with van der Waals surface area (Å²) in [5.41, 5.74) is 3.11. The number of aliphatic imine (C=N–C) groups is 1. The molecule has 0 saturated heterocycles. The van der Waals surface area contributed by atoms with Gasteiger partial charge in [0, 0.05) is 24.1 Å². The van der Waals surface area contributed by atoms with E-state index in [-0.39, 0.29) is 24.0 Å². The first-order valence-corrected chi connectivity index (χ1v) is 10.2. The van der Waals surface area contributed by atoms with Crippen molar-refractivity contribution in [2.45, 2.75) is 52.6 Å². The summed E-state index contributed by atoms with van der Waals surface area (Å²) in [4.78, 5) is 8.88. The van der Waals surface area contributed by atoms with Gasteiger partial charge in [-0.15, -0.1) is 24.0 Å². The van der Waals surface area contributed by atoms with E-state index in [4.69, 9.17) is 4.52 Å². The predicted molar refractivity (Wildman–Crippen MR) is 129 cm³/mol. The van der Waals surface area contributed by atoms with Crippen LogP contribution in [0.5, 0.6) is 0 Å². The highest BCUT2D eigenvalue weighted by Gasteiger charge is 2.13. The maximum absolute atomic E-state index is 5.49. The average Bonchev–Trinajstić information content (AvgIpc) is 3.44. The highest BCUT2D eigenvalue weighted by atomic mass is 127. The molecule has 0 aliphatic rings. The van der Waals surface area contributed by atoms with E-state index >= 15 is 0 Å². The van der Waals surface area contributed by atoms with E-state index in [1.807, 2.05) is 31.2 Å². The van der Waals surface area contributed by atoms with E-state index in [0.717, 1.165) is 53.8 Å². The average molecular weight is 523 g/mol. The summed E-state index contributed by atoms with van der Waals surface area (Å²) in [5.74, 6) is 2.74. The number of hydrogen-bond donors (Lipinski definition) is 3. The van der Waals surface area contributed by atoms with Crippen molar-refractivity contribution in [3.05, 3.63) is 53.7 Å². The number of rotatable bonds is 9. The molecular weight excluding hydrogens is 493 g/mol. The van der Waals surface area contributed by atoms with Gasteiger partial charge in [0.05, 0.1) is 18.8 Å². The zero-order valence-electron chi connectivity index (χ0n) is 17.7. The monoisotopic (exact) mass is 523 g/mol. The molecule has 0 saturated carbocycles. The molecule has 9 heteroatoms. The maximum Gasteiger partial charge on any atom is 0.191 e. The number of H-pyrrole nitrogens is 1. The van der Waals surface area contributed by atoms with Crippen LogP contribution in [0.15, 0.2) is 46.2 Å². The van der Waals surface area contributed by atoms with Gasteiger partial charge in [-0.1, -0.05) is 37.2 Å². The topological polar surface area (TPSA) is 104 Å². The van der Waals surface area contributed by atoms with Crippen molar-refractivity contribution in [2.24, 2.45) is 4.99 Å². The number of aromatic amines is 1. The fourth-order valence-electron chi connectivity index (χ4n) is 3.16. The van der Waals surface area contributed by atoms with Gasteiger partial charge < -0.3 is 15.2 Å². The van der Waals surface area contributed by atoms with Crippen molar-refractivity contribution >= 4 is 29.9 Å². The summed E-state index contributed by atoms with van der Waals surface area (Å²) in [7, 11) is 0. The van der Waals surface area contributed by atoms with E-state index in [2.05, 4.69) is 55.9 Å². The number of hydrogen-bond acceptors (Lipinski definition) is 5. The Hall–Kier alpha value is -2.43. The van der Waals surface area contributed by atoms with E-state index in [0.29, 0.717) is 19.0 Å². The first-order valence-electron chi connectivity index (χ1n) is 10.2. The Morgan fingerprint density at radius 1 is 1.17 bits per heavy atom. The van der Waals surface area contributed by atoms with Gasteiger partial charge >= 0.3 is 0 Å². The van der Waals surface area contributed by atoms with Crippen molar-refractivity contribution in [3.8, 4) is 11.4 Å². The minimum atomic E-state index is 0. The standard InChI is InChI=1S/C21H29N7O.HI/c1-4-16(5-2)19-11-18(29-28-19)13-24-21(22-6-3)23-12-15-8-7-9-17(10-15)20-25-14-26-27-20;/h7-11,14,16H,4-6,12-13H2,1-3H3,(H2,22,23,24)(H,25,26,27);1H. The van der Waals surface area contributed by atoms with Crippen LogP contribution in [0.25, 0.3) is 11.4 Å². The van der Waals surface area contributed by atoms with Crippen LogP contribution in [-0.4, -0.2) is 32.8 Å². The summed E-state index contributed by atoms with van der Waals surface area (Å²) >= 11 is 0. The van der Waals surface area contributed by atoms with Crippen molar-refractivity contribution in [1.82, 2.24) is 31.0 Å². The Bertz CT molecular complexity index is 904. The molecule has 0 amide bonds. The molecule has 2 heterocycles. The minimum Gasteiger partial charge on any atom is -0.359 e. The predicted octanol–water partition coefficient (Wildman–Crippen LogP) is 4.24. The van der Waals surface area contributed by atoms with Crippen LogP contribution in [0, 0.1) is 0 Å². The molecule has 0 aliphatic carbocycles. The summed E-state index contributed by atoms with van der Waals surface area (Å²) in [6.45, 7) is 8.26. The lowest BCUT2D eigenvalue weighted by Gasteiger charge is -2.10. The first-order chi connectivity index (χ1) is 14.2. The molecule has 0 unspecified atom stereocenters. The Morgan fingerprint density at radius 2 is 2.00 bits per heavy atom. The lowest BCUT2D eigenvalue weighted by atomic mass is 9.99. The van der Waals surface area contributed by atoms with E-state index in [9.17, 15) is 0 Å². The summed E-state index contributed by atoms with van der Waals surface area (Å²) in [6.07, 6.45) is 3.63. The molecule has 0 spiro atoms. The molecule has 3 rings (SSSR count). The van der Waals surface area contributed by atoms with Gasteiger partial charge in [-0.2, -0.15) is 5.10 Å². The molecule has 30 heavy (non-hydrogen) atoms. The second-order valence-corrected chi connectivity index (χ2v) is 6.81. The largest absolute Gasteiger partial charge is 0.359 e. The van der Waals surface area contributed by atoms with Gasteiger partial charge in [-0.05, 0) is 31.4 Å². The third kappa shape index (κ3) is 6.54. The molecule has 0 atom stereocenters. The lowest BCUT2D eigenvalue weighted by molar-refractivity contribution is 0.368. The number of nitrogens with one attached hydrogen (secondary N) is 3. The lowest BCUT2D eigenvalue weighted by Crippen LogP contribution is -2.36. The molecule has 0 aliphatic heterocycles. The Kier molecular flexibility index (Phi) is 9.78. The normalized spacial score (nSPS) is 11.4. The highest BCUT2D eigenvalue weighted by molar-refractivity contribution is 14.0. The van der Waals surface area contributed by atoms with E-state index in [1.54, 1.807) is 0 Å². The molecule has 3 aromatic rings. The second kappa shape index (κ2) is 12.3. The van der Waals surface area contributed by atoms with Gasteiger partial charge in [-0.25, -0.2) is 9.98 Å². The van der Waals surface area contributed by atoms with Crippen molar-refractivity contribution in [3.63, 3.8) is 0 Å². The Balaban J connectivity index is 0.00000320. The summed E-state index contributed by atoms with van der Waals surface area (Å²) in [6, 6.07) is 10.1. The third-order valence-corrected chi connectivity index (χ3v) is 4.79. The Labute approximate surface area is 194 Å². The molecule has 0 bridgehead atoms. The zero-order chi connectivity index (χ0) is 20.5. The summed E-state index contributed by atoms with van der Waals surface area (Å²) in [5, 5.41) is 17.6. The smallest absolute Gasteiger partial charge is 0.191 e. The second-order valence-electron chi connectivity index (χ2n) is 6.81. The van der Waals surface area contributed by atoms with Crippen molar-refractivity contribution in [2.75, 3.05) is 6.54 Å². The minimum absolute atomic E-state index is 0. The number of guanidine groups is 1. The van der Waals surface area contributed by atoms with Gasteiger partial charge in [0.25, 0.3) is 0 Å². The first kappa shape index (κ1) is 23.8. The van der Waals surface area contributed by atoms with Crippen LogP contribution >= 0.6 is 24.0 Å². The van der Waals surface area contributed by atoms with Gasteiger partial charge in [0.2, 0.25) is 0 Å². The SMILES string of the molecule is CCNC(=NCc1cccc(-c2ncn[nH]2)c1)NCc1cc(C(CC)CC)no1.I. The van der Waals surface area contributed by atoms with Crippen LogP contribution < -0.4 is 10.6 Å². The van der Waals surface area contributed by atoms with Crippen molar-refractivity contribution < 1.29 is 4.52 Å². The number of benzene rings is 1. The van der Waals surface area contributed by atoms with Crippen LogP contribution in [0.4, 0.5) is 0 Å². The molecule has 0 fully saturated rings. The molecule has 3 N–H and O–H groups in total. The van der Waals surface area contributed by atoms with Gasteiger partial charge in [0.15, 0.2) is 17.5 Å². The molecule has 2 aromatic heterocycles. The van der Waals surface area contributed by atoms with Crippen LogP contribution in [0.1, 0.15) is 56.5 Å². The fraction of sp³-hybridized carbons (Fsp3) is 0.429. The van der Waals surface area contributed by atoms with Crippen LogP contribution in [0.3, 0.4) is 0 Å². The molecular formula is C21H30IN7O. The summed E-state index contributed by atoms with van der Waals surface area (Å²) < 4.78 is 5.49. The zero-order valence-corrected chi connectivity index (χ0v) is 20.0. The molecule has 0 radical (unpaired) electrons. The Morgan fingerprint density at radius 3 is 2.70 bits per heavy atom. The molecule has 8 nitrogen and oxygen atoms in total. The maximum atomic E-state index is 5.49. The highest BCUT2D eigenvalue weighted by Crippen LogP contribution is 2.22. The fourth-order valence-corrected chi connectivity index (χ4v) is 3.16. The van der Waals surface area contributed by atoms with Gasteiger partial charge in [-0.3, -0.25) is 5.10 Å². The van der Waals surface area contributed by atoms with E-state index in [1.165, 1.54) is 6.33 Å². The van der Waals surface area contributed by atoms with E-state index < -0.39 is 0 Å². The van der Waals surface area contributed by atoms with Crippen molar-refractivity contribution in [1.29, 1.82) is 0 Å². The molecule has 162 valence electrons.